The van der Waals surface area contributed by atoms with Gasteiger partial charge in [0.15, 0.2) is 16.9 Å². The topological polar surface area (TPSA) is 91.1 Å². The van der Waals surface area contributed by atoms with Gasteiger partial charge >= 0.3 is 0 Å². The molecule has 0 bridgehead atoms. The van der Waals surface area contributed by atoms with E-state index in [4.69, 9.17) is 18.6 Å². The second-order valence-corrected chi connectivity index (χ2v) is 7.82. The predicted octanol–water partition coefficient (Wildman–Crippen LogP) is 3.96. The van der Waals surface area contributed by atoms with Crippen LogP contribution in [0.1, 0.15) is 33.3 Å². The lowest BCUT2D eigenvalue weighted by Gasteiger charge is -2.26. The highest BCUT2D eigenvalue weighted by atomic mass is 16.5. The van der Waals surface area contributed by atoms with Crippen molar-refractivity contribution < 1.29 is 23.4 Å². The van der Waals surface area contributed by atoms with Crippen LogP contribution < -0.4 is 19.6 Å². The van der Waals surface area contributed by atoms with Crippen molar-refractivity contribution >= 4 is 16.9 Å². The number of carbonyl (C=O) groups is 1. The van der Waals surface area contributed by atoms with Crippen LogP contribution in [0.3, 0.4) is 0 Å². The van der Waals surface area contributed by atoms with Crippen LogP contribution in [-0.4, -0.2) is 37.1 Å². The smallest absolute Gasteiger partial charge is 0.291 e. The molecule has 0 N–H and O–H groups in total. The van der Waals surface area contributed by atoms with Gasteiger partial charge in [0.1, 0.15) is 5.58 Å². The van der Waals surface area contributed by atoms with E-state index in [0.717, 1.165) is 5.56 Å². The van der Waals surface area contributed by atoms with Gasteiger partial charge < -0.3 is 23.5 Å². The van der Waals surface area contributed by atoms with Crippen LogP contribution >= 0.6 is 0 Å². The summed E-state index contributed by atoms with van der Waals surface area (Å²) in [5.41, 5.74) is 1.91. The van der Waals surface area contributed by atoms with Crippen molar-refractivity contribution in [1.82, 2.24) is 9.88 Å². The highest BCUT2D eigenvalue weighted by Crippen LogP contribution is 2.45. The van der Waals surface area contributed by atoms with Gasteiger partial charge in [0.05, 0.1) is 38.3 Å². The van der Waals surface area contributed by atoms with E-state index >= 15 is 0 Å². The zero-order chi connectivity index (χ0) is 23.8. The Morgan fingerprint density at radius 2 is 1.62 bits per heavy atom. The van der Waals surface area contributed by atoms with Crippen molar-refractivity contribution in [2.24, 2.45) is 0 Å². The zero-order valence-electron chi connectivity index (χ0n) is 18.9. The summed E-state index contributed by atoms with van der Waals surface area (Å²) in [7, 11) is 4.56. The quantitative estimate of drug-likeness (QED) is 0.432. The third kappa shape index (κ3) is 3.35. The van der Waals surface area contributed by atoms with E-state index < -0.39 is 6.04 Å². The molecule has 2 aromatic heterocycles. The second kappa shape index (κ2) is 8.55. The maximum atomic E-state index is 13.6. The van der Waals surface area contributed by atoms with Crippen molar-refractivity contribution in [3.8, 4) is 17.2 Å². The van der Waals surface area contributed by atoms with Crippen molar-refractivity contribution in [3.05, 3.63) is 93.6 Å². The Balaban J connectivity index is 1.77. The van der Waals surface area contributed by atoms with E-state index in [2.05, 4.69) is 4.98 Å². The Labute approximate surface area is 195 Å². The molecule has 8 nitrogen and oxygen atoms in total. The minimum Gasteiger partial charge on any atom is -0.493 e. The highest BCUT2D eigenvalue weighted by Gasteiger charge is 2.43. The summed E-state index contributed by atoms with van der Waals surface area (Å²) in [6, 6.07) is 13.4. The lowest BCUT2D eigenvalue weighted by molar-refractivity contribution is 0.0714. The summed E-state index contributed by atoms with van der Waals surface area (Å²) in [4.78, 5) is 32.9. The fourth-order valence-corrected chi connectivity index (χ4v) is 4.42. The summed E-state index contributed by atoms with van der Waals surface area (Å²) >= 11 is 0. The van der Waals surface area contributed by atoms with Gasteiger partial charge in [0.2, 0.25) is 11.5 Å². The Hall–Kier alpha value is -4.33. The number of nitrogens with zero attached hydrogens (tertiary/aromatic N) is 2. The molecule has 8 heteroatoms. The van der Waals surface area contributed by atoms with Crippen LogP contribution in [-0.2, 0) is 6.54 Å². The number of hydrogen-bond acceptors (Lipinski definition) is 7. The molecule has 3 heterocycles. The lowest BCUT2D eigenvalue weighted by atomic mass is 9.97. The standard InChI is InChI=1S/C26H22N2O6/c1-31-19-12-16(13-20(32-2)24(19)33-3)22-21-23(29)17-6-4-5-7-18(17)34-25(21)26(30)28(22)14-15-8-10-27-11-9-15/h4-13,22H,14H2,1-3H3. The fourth-order valence-electron chi connectivity index (χ4n) is 4.42. The van der Waals surface area contributed by atoms with E-state index in [-0.39, 0.29) is 29.2 Å². The molecule has 0 radical (unpaired) electrons. The van der Waals surface area contributed by atoms with Crippen molar-refractivity contribution in [1.29, 1.82) is 0 Å². The summed E-state index contributed by atoms with van der Waals surface area (Å²) in [6.07, 6.45) is 3.32. The van der Waals surface area contributed by atoms with E-state index in [9.17, 15) is 9.59 Å². The van der Waals surface area contributed by atoms with Crippen molar-refractivity contribution in [2.75, 3.05) is 21.3 Å². The number of ether oxygens (including phenoxy) is 3. The van der Waals surface area contributed by atoms with Crippen LogP contribution in [0.25, 0.3) is 11.0 Å². The molecule has 0 saturated carbocycles. The van der Waals surface area contributed by atoms with Gasteiger partial charge in [-0.2, -0.15) is 0 Å². The van der Waals surface area contributed by atoms with E-state index in [1.54, 1.807) is 53.7 Å². The van der Waals surface area contributed by atoms with Gasteiger partial charge in [-0.3, -0.25) is 14.6 Å². The average Bonchev–Trinajstić information content (AvgIpc) is 3.15. The van der Waals surface area contributed by atoms with Crippen LogP contribution in [0.2, 0.25) is 0 Å². The lowest BCUT2D eigenvalue weighted by Crippen LogP contribution is -2.29. The predicted molar refractivity (Wildman–Crippen MR) is 125 cm³/mol. The number of para-hydroxylation sites is 1. The molecule has 4 aromatic rings. The monoisotopic (exact) mass is 458 g/mol. The number of methoxy groups -OCH3 is 3. The first-order valence-electron chi connectivity index (χ1n) is 10.6. The number of benzene rings is 2. The molecule has 0 aliphatic carbocycles. The summed E-state index contributed by atoms with van der Waals surface area (Å²) in [5, 5.41) is 0.414. The minimum absolute atomic E-state index is 0.0384. The van der Waals surface area contributed by atoms with Crippen LogP contribution in [0.5, 0.6) is 17.2 Å². The molecule has 0 fully saturated rings. The molecule has 1 amide bonds. The Morgan fingerprint density at radius 1 is 0.941 bits per heavy atom. The molecular formula is C26H22N2O6. The zero-order valence-corrected chi connectivity index (χ0v) is 18.9. The third-order valence-corrected chi connectivity index (χ3v) is 5.98. The molecule has 0 spiro atoms. The number of amides is 1. The van der Waals surface area contributed by atoms with Crippen LogP contribution in [0.4, 0.5) is 0 Å². The SMILES string of the molecule is COc1cc(C2c3c(oc4ccccc4c3=O)C(=O)N2Cc2ccncc2)cc(OC)c1OC. The van der Waals surface area contributed by atoms with E-state index in [1.165, 1.54) is 21.3 Å². The molecule has 34 heavy (non-hydrogen) atoms. The molecular weight excluding hydrogens is 436 g/mol. The third-order valence-electron chi connectivity index (χ3n) is 5.98. The molecule has 2 aromatic carbocycles. The van der Waals surface area contributed by atoms with Crippen LogP contribution in [0, 0.1) is 0 Å². The summed E-state index contributed by atoms with van der Waals surface area (Å²) in [6.45, 7) is 0.253. The number of pyridine rings is 1. The Bertz CT molecular complexity index is 1420. The molecule has 1 aliphatic rings. The fraction of sp³-hybridized carbons (Fsp3) is 0.192. The largest absolute Gasteiger partial charge is 0.493 e. The maximum Gasteiger partial charge on any atom is 0.291 e. The molecule has 0 saturated heterocycles. The number of hydrogen-bond donors (Lipinski definition) is 0. The van der Waals surface area contributed by atoms with E-state index in [0.29, 0.717) is 33.8 Å². The first kappa shape index (κ1) is 21.5. The highest BCUT2D eigenvalue weighted by molar-refractivity contribution is 5.99. The second-order valence-electron chi connectivity index (χ2n) is 7.82. The van der Waals surface area contributed by atoms with Gasteiger partial charge in [-0.25, -0.2) is 0 Å². The maximum absolute atomic E-state index is 13.6. The molecule has 1 atom stereocenters. The first-order valence-corrected chi connectivity index (χ1v) is 10.6. The van der Waals surface area contributed by atoms with Crippen molar-refractivity contribution in [2.45, 2.75) is 12.6 Å². The summed E-state index contributed by atoms with van der Waals surface area (Å²) < 4.78 is 22.5. The van der Waals surface area contributed by atoms with Gasteiger partial charge in [-0.1, -0.05) is 12.1 Å². The average molecular weight is 458 g/mol. The van der Waals surface area contributed by atoms with Gasteiger partial charge in [-0.05, 0) is 47.5 Å². The van der Waals surface area contributed by atoms with Gasteiger partial charge in [-0.15, -0.1) is 0 Å². The molecule has 1 unspecified atom stereocenters. The summed E-state index contributed by atoms with van der Waals surface area (Å²) in [5.74, 6) is 0.938. The minimum atomic E-state index is -0.717. The number of fused-ring (bicyclic) bond motifs is 2. The van der Waals surface area contributed by atoms with E-state index in [1.807, 2.05) is 12.1 Å². The number of aromatic nitrogens is 1. The van der Waals surface area contributed by atoms with Crippen LogP contribution in [0.15, 0.2) is 70.1 Å². The first-order chi connectivity index (χ1) is 16.6. The normalized spacial score (nSPS) is 14.9. The molecule has 1 aliphatic heterocycles. The van der Waals surface area contributed by atoms with Crippen molar-refractivity contribution in [3.63, 3.8) is 0 Å². The van der Waals surface area contributed by atoms with Gasteiger partial charge in [0, 0.05) is 18.9 Å². The Morgan fingerprint density at radius 3 is 2.26 bits per heavy atom. The molecule has 5 rings (SSSR count). The van der Waals surface area contributed by atoms with Gasteiger partial charge in [0.25, 0.3) is 5.91 Å². The molecule has 172 valence electrons. The number of rotatable bonds is 6. The Kier molecular flexibility index (Phi) is 5.41. The number of carbonyl (C=O) groups excluding carboxylic acids is 1.